The predicted molar refractivity (Wildman–Crippen MR) is 191 cm³/mol. The Hall–Kier alpha value is -5.52. The van der Waals surface area contributed by atoms with Crippen molar-refractivity contribution in [3.05, 3.63) is 144 Å². The molecule has 4 aromatic heterocycles. The summed E-state index contributed by atoms with van der Waals surface area (Å²) >= 11 is 0. The van der Waals surface area contributed by atoms with Crippen LogP contribution in [0.5, 0.6) is 11.5 Å². The molecule has 0 aliphatic rings. The minimum Gasteiger partial charge on any atom is -0.509 e. The second-order valence-corrected chi connectivity index (χ2v) is 12.3. The van der Waals surface area contributed by atoms with E-state index in [1.54, 1.807) is 17.1 Å². The van der Waals surface area contributed by atoms with Crippen LogP contribution in [0.15, 0.2) is 110 Å². The van der Waals surface area contributed by atoms with Crippen LogP contribution in [0, 0.1) is 39.8 Å². The van der Waals surface area contributed by atoms with Gasteiger partial charge in [0.25, 0.3) is 0 Å². The van der Waals surface area contributed by atoms with Crippen LogP contribution in [0.4, 0.5) is 0 Å². The first-order chi connectivity index (χ1) is 23.5. The number of rotatable bonds is 5. The molecule has 0 bridgehead atoms. The Morgan fingerprint density at radius 2 is 1.35 bits per heavy atom. The third-order valence-corrected chi connectivity index (χ3v) is 9.29. The average molecular weight is 818 g/mol. The molecule has 0 spiro atoms. The van der Waals surface area contributed by atoms with E-state index < -0.39 is 0 Å². The summed E-state index contributed by atoms with van der Waals surface area (Å²) < 4.78 is 12.6. The van der Waals surface area contributed by atoms with Crippen molar-refractivity contribution in [3.8, 4) is 28.7 Å². The van der Waals surface area contributed by atoms with E-state index in [0.29, 0.717) is 11.5 Å². The fourth-order valence-corrected chi connectivity index (χ4v) is 7.10. The first kappa shape index (κ1) is 30.8. The number of para-hydroxylation sites is 1. The van der Waals surface area contributed by atoms with Gasteiger partial charge in [-0.3, -0.25) is 0 Å². The molecule has 0 radical (unpaired) electrons. The van der Waals surface area contributed by atoms with Crippen LogP contribution in [-0.2, 0) is 21.1 Å². The predicted octanol–water partition coefficient (Wildman–Crippen LogP) is 9.48. The maximum absolute atomic E-state index is 6.33. The summed E-state index contributed by atoms with van der Waals surface area (Å²) in [6, 6.07) is 38.2. The first-order valence-corrected chi connectivity index (χ1v) is 16.0. The monoisotopic (exact) mass is 817 g/mol. The minimum atomic E-state index is 0. The maximum atomic E-state index is 6.33. The second-order valence-electron chi connectivity index (χ2n) is 12.3. The Morgan fingerprint density at radius 1 is 0.633 bits per heavy atom. The molecule has 7 nitrogen and oxygen atoms in total. The molecule has 240 valence electrons. The Bertz CT molecular complexity index is 2640. The molecule has 0 atom stereocenters. The van der Waals surface area contributed by atoms with Gasteiger partial charge in [-0.05, 0) is 73.2 Å². The normalized spacial score (nSPS) is 11.5. The number of aryl methyl sites for hydroxylation is 4. The van der Waals surface area contributed by atoms with Crippen molar-refractivity contribution in [2.24, 2.45) is 0 Å². The summed E-state index contributed by atoms with van der Waals surface area (Å²) in [6.45, 7) is 8.82. The Morgan fingerprint density at radius 3 is 2.08 bits per heavy atom. The summed E-state index contributed by atoms with van der Waals surface area (Å²) in [5.74, 6) is 1.94. The largest absolute Gasteiger partial charge is 2.00 e. The number of fused-ring (bicyclic) bond motifs is 6. The zero-order chi connectivity index (χ0) is 32.5. The minimum absolute atomic E-state index is 0. The smallest absolute Gasteiger partial charge is 0.509 e. The third-order valence-electron chi connectivity index (χ3n) is 9.29. The van der Waals surface area contributed by atoms with E-state index in [2.05, 4.69) is 126 Å². The van der Waals surface area contributed by atoms with Crippen molar-refractivity contribution >= 4 is 43.6 Å². The molecule has 0 aliphatic carbocycles. The molecule has 9 aromatic rings. The summed E-state index contributed by atoms with van der Waals surface area (Å²) in [7, 11) is 0. The molecule has 49 heavy (non-hydrogen) atoms. The SMILES string of the molecule is Cc1ccc(C)c2c1c1c(C)ccc(C)c1n2-c1ccnc(-n2c3[c-]c(Oc4[c-]c(-n5ccnn5)ccc4)ccc3c3ccccc32)c1.[Pt+2]. The van der Waals surface area contributed by atoms with Crippen molar-refractivity contribution in [2.45, 2.75) is 27.7 Å². The van der Waals surface area contributed by atoms with Crippen LogP contribution in [0.25, 0.3) is 60.8 Å². The number of hydrogen-bond acceptors (Lipinski definition) is 4. The maximum Gasteiger partial charge on any atom is 2.00 e. The number of hydrogen-bond donors (Lipinski definition) is 0. The van der Waals surface area contributed by atoms with E-state index in [-0.39, 0.29) is 21.1 Å². The van der Waals surface area contributed by atoms with Crippen LogP contribution >= 0.6 is 0 Å². The fourth-order valence-electron chi connectivity index (χ4n) is 7.10. The summed E-state index contributed by atoms with van der Waals surface area (Å²) in [4.78, 5) is 4.95. The van der Waals surface area contributed by atoms with Gasteiger partial charge < -0.3 is 13.9 Å². The molecule has 0 saturated heterocycles. The van der Waals surface area contributed by atoms with Gasteiger partial charge >= 0.3 is 21.1 Å². The quantitative estimate of drug-likeness (QED) is 0.163. The van der Waals surface area contributed by atoms with Gasteiger partial charge in [-0.25, -0.2) is 9.67 Å². The number of aromatic nitrogens is 6. The standard InChI is InChI=1S/C41H30N6O.Pt/c1-25-12-14-27(3)40-38(25)39-26(2)13-15-28(4)41(39)46(40)30-18-19-42-37(23-30)47-35-11-6-5-10-33(35)34-17-16-32(24-36(34)47)48-31-9-7-8-29(22-31)45-21-20-43-44-45;/h5-21,23H,1-4H3;/q-2;+2. The molecule has 0 saturated carbocycles. The molecular weight excluding hydrogens is 788 g/mol. The number of benzene rings is 5. The molecule has 0 aliphatic heterocycles. The molecular formula is C41H30N6OPt. The molecule has 9 rings (SSSR count). The molecule has 0 unspecified atom stereocenters. The van der Waals surface area contributed by atoms with Crippen LogP contribution in [0.3, 0.4) is 0 Å². The second kappa shape index (κ2) is 11.9. The van der Waals surface area contributed by atoms with Crippen molar-refractivity contribution in [1.82, 2.24) is 29.1 Å². The van der Waals surface area contributed by atoms with Gasteiger partial charge in [0.2, 0.25) is 0 Å². The van der Waals surface area contributed by atoms with Crippen LogP contribution < -0.4 is 4.74 Å². The first-order valence-electron chi connectivity index (χ1n) is 16.0. The number of pyridine rings is 1. The van der Waals surface area contributed by atoms with Gasteiger partial charge in [0.1, 0.15) is 5.82 Å². The number of nitrogens with zero attached hydrogens (tertiary/aromatic N) is 6. The fraction of sp³-hybridized carbons (Fsp3) is 0.0976. The van der Waals surface area contributed by atoms with Crippen molar-refractivity contribution in [2.75, 3.05) is 0 Å². The zero-order valence-corrected chi connectivity index (χ0v) is 29.6. The van der Waals surface area contributed by atoms with Crippen LogP contribution in [0.2, 0.25) is 0 Å². The molecule has 0 fully saturated rings. The van der Waals surface area contributed by atoms with Crippen molar-refractivity contribution < 1.29 is 25.8 Å². The van der Waals surface area contributed by atoms with Gasteiger partial charge in [-0.2, -0.15) is 12.1 Å². The van der Waals surface area contributed by atoms with E-state index in [1.807, 2.05) is 30.5 Å². The van der Waals surface area contributed by atoms with E-state index in [9.17, 15) is 0 Å². The molecule has 8 heteroatoms. The summed E-state index contributed by atoms with van der Waals surface area (Å²) in [6.07, 6.45) is 5.32. The summed E-state index contributed by atoms with van der Waals surface area (Å²) in [5, 5.41) is 12.8. The van der Waals surface area contributed by atoms with E-state index in [4.69, 9.17) is 9.72 Å². The van der Waals surface area contributed by atoms with E-state index >= 15 is 0 Å². The van der Waals surface area contributed by atoms with Crippen molar-refractivity contribution in [1.29, 1.82) is 0 Å². The third kappa shape index (κ3) is 4.88. The molecule has 5 aromatic carbocycles. The average Bonchev–Trinajstić information content (AvgIpc) is 3.85. The Balaban J connectivity index is 0.00000348. The van der Waals surface area contributed by atoms with Crippen LogP contribution in [0.1, 0.15) is 22.3 Å². The van der Waals surface area contributed by atoms with E-state index in [1.165, 1.54) is 44.1 Å². The Kier molecular flexibility index (Phi) is 7.46. The van der Waals surface area contributed by atoms with Gasteiger partial charge in [-0.1, -0.05) is 53.2 Å². The number of ether oxygens (including phenoxy) is 1. The van der Waals surface area contributed by atoms with E-state index in [0.717, 1.165) is 39.0 Å². The van der Waals surface area contributed by atoms with Gasteiger partial charge in [0, 0.05) is 46.2 Å². The molecule has 4 heterocycles. The topological polar surface area (TPSA) is 62.7 Å². The molecule has 0 N–H and O–H groups in total. The molecule has 0 amide bonds. The van der Waals surface area contributed by atoms with Crippen LogP contribution in [-0.4, -0.2) is 29.1 Å². The zero-order valence-electron chi connectivity index (χ0n) is 27.3. The van der Waals surface area contributed by atoms with Gasteiger partial charge in [0.15, 0.2) is 0 Å². The van der Waals surface area contributed by atoms with Gasteiger partial charge in [0.05, 0.1) is 22.9 Å². The Labute approximate surface area is 297 Å². The van der Waals surface area contributed by atoms with Gasteiger partial charge in [-0.15, -0.1) is 40.8 Å². The summed E-state index contributed by atoms with van der Waals surface area (Å²) in [5.41, 5.74) is 11.2. The van der Waals surface area contributed by atoms with Crippen molar-refractivity contribution in [3.63, 3.8) is 0 Å².